The SMILES string of the molecule is Cc1ccc(CNC(=O)Nc2ccc(OCC(N)=O)cc2)c(C)c1. The zero-order valence-corrected chi connectivity index (χ0v) is 13.8. The van der Waals surface area contributed by atoms with Crippen LogP contribution in [0.2, 0.25) is 0 Å². The molecule has 6 heteroatoms. The largest absolute Gasteiger partial charge is 0.484 e. The minimum atomic E-state index is -0.539. The van der Waals surface area contributed by atoms with Crippen molar-refractivity contribution >= 4 is 17.6 Å². The number of rotatable bonds is 6. The van der Waals surface area contributed by atoms with Crippen LogP contribution in [0.3, 0.4) is 0 Å². The highest BCUT2D eigenvalue weighted by Gasteiger charge is 2.04. The van der Waals surface area contributed by atoms with Crippen molar-refractivity contribution in [2.45, 2.75) is 20.4 Å². The number of aryl methyl sites for hydroxylation is 2. The molecule has 0 aliphatic rings. The minimum absolute atomic E-state index is 0.177. The number of carbonyl (C=O) groups excluding carboxylic acids is 2. The third-order valence-electron chi connectivity index (χ3n) is 3.43. The number of amides is 3. The van der Waals surface area contributed by atoms with Crippen molar-refractivity contribution in [2.75, 3.05) is 11.9 Å². The van der Waals surface area contributed by atoms with Crippen LogP contribution in [-0.2, 0) is 11.3 Å². The van der Waals surface area contributed by atoms with E-state index < -0.39 is 5.91 Å². The van der Waals surface area contributed by atoms with E-state index in [1.165, 1.54) is 5.56 Å². The maximum atomic E-state index is 11.9. The molecule has 0 saturated carbocycles. The normalized spacial score (nSPS) is 10.1. The molecule has 0 bridgehead atoms. The van der Waals surface area contributed by atoms with E-state index in [4.69, 9.17) is 10.5 Å². The van der Waals surface area contributed by atoms with Crippen molar-refractivity contribution in [3.05, 3.63) is 59.2 Å². The third-order valence-corrected chi connectivity index (χ3v) is 3.43. The summed E-state index contributed by atoms with van der Waals surface area (Å²) >= 11 is 0. The van der Waals surface area contributed by atoms with Crippen LogP contribution in [-0.4, -0.2) is 18.5 Å². The molecule has 4 N–H and O–H groups in total. The highest BCUT2D eigenvalue weighted by atomic mass is 16.5. The summed E-state index contributed by atoms with van der Waals surface area (Å²) in [6.07, 6.45) is 0. The highest BCUT2D eigenvalue weighted by Crippen LogP contribution is 2.15. The molecule has 0 aliphatic carbocycles. The van der Waals surface area contributed by atoms with Gasteiger partial charge in [0.05, 0.1) is 0 Å². The molecule has 0 aromatic heterocycles. The van der Waals surface area contributed by atoms with Gasteiger partial charge in [0, 0.05) is 12.2 Å². The molecule has 6 nitrogen and oxygen atoms in total. The predicted octanol–water partition coefficient (Wildman–Crippen LogP) is 2.49. The van der Waals surface area contributed by atoms with Gasteiger partial charge >= 0.3 is 6.03 Å². The van der Waals surface area contributed by atoms with E-state index in [2.05, 4.69) is 16.7 Å². The molecule has 0 fully saturated rings. The number of carbonyl (C=O) groups is 2. The molecule has 126 valence electrons. The van der Waals surface area contributed by atoms with Crippen LogP contribution in [0.15, 0.2) is 42.5 Å². The topological polar surface area (TPSA) is 93.4 Å². The van der Waals surface area contributed by atoms with Crippen LogP contribution in [0.5, 0.6) is 5.75 Å². The predicted molar refractivity (Wildman–Crippen MR) is 92.9 cm³/mol. The first kappa shape index (κ1) is 17.3. The lowest BCUT2D eigenvalue weighted by atomic mass is 10.1. The number of anilines is 1. The van der Waals surface area contributed by atoms with Crippen LogP contribution in [0.4, 0.5) is 10.5 Å². The fraction of sp³-hybridized carbons (Fsp3) is 0.222. The standard InChI is InChI=1S/C18H21N3O3/c1-12-3-4-14(13(2)9-12)10-20-18(23)21-15-5-7-16(8-6-15)24-11-17(19)22/h3-9H,10-11H2,1-2H3,(H2,19,22)(H2,20,21,23). The van der Waals surface area contributed by atoms with Crippen molar-refractivity contribution < 1.29 is 14.3 Å². The lowest BCUT2D eigenvalue weighted by Crippen LogP contribution is -2.28. The second-order valence-electron chi connectivity index (χ2n) is 5.52. The molecule has 2 aromatic rings. The van der Waals surface area contributed by atoms with E-state index in [0.29, 0.717) is 18.0 Å². The molecule has 0 aliphatic heterocycles. The average molecular weight is 327 g/mol. The van der Waals surface area contributed by atoms with E-state index in [1.807, 2.05) is 26.0 Å². The maximum absolute atomic E-state index is 11.9. The summed E-state index contributed by atoms with van der Waals surface area (Å²) in [6, 6.07) is 12.5. The van der Waals surface area contributed by atoms with Crippen molar-refractivity contribution in [1.29, 1.82) is 0 Å². The molecule has 0 radical (unpaired) electrons. The Balaban J connectivity index is 1.84. The minimum Gasteiger partial charge on any atom is -0.484 e. The first-order chi connectivity index (χ1) is 11.4. The van der Waals surface area contributed by atoms with Gasteiger partial charge in [0.1, 0.15) is 5.75 Å². The Kier molecular flexibility index (Phi) is 5.78. The first-order valence-corrected chi connectivity index (χ1v) is 7.56. The van der Waals surface area contributed by atoms with Crippen molar-refractivity contribution in [1.82, 2.24) is 5.32 Å². The van der Waals surface area contributed by atoms with Gasteiger partial charge in [0.2, 0.25) is 0 Å². The second kappa shape index (κ2) is 8.01. The lowest BCUT2D eigenvalue weighted by molar-refractivity contribution is -0.119. The van der Waals surface area contributed by atoms with E-state index >= 15 is 0 Å². The average Bonchev–Trinajstić information content (AvgIpc) is 2.53. The third kappa shape index (κ3) is 5.31. The van der Waals surface area contributed by atoms with Gasteiger partial charge in [-0.15, -0.1) is 0 Å². The van der Waals surface area contributed by atoms with E-state index in [0.717, 1.165) is 11.1 Å². The summed E-state index contributed by atoms with van der Waals surface area (Å²) in [5, 5.41) is 5.56. The van der Waals surface area contributed by atoms with Crippen LogP contribution in [0, 0.1) is 13.8 Å². The molecule has 2 rings (SSSR count). The summed E-state index contributed by atoms with van der Waals surface area (Å²) in [5.41, 5.74) is 9.05. The Hall–Kier alpha value is -3.02. The number of benzene rings is 2. The van der Waals surface area contributed by atoms with Crippen LogP contribution in [0.1, 0.15) is 16.7 Å². The number of nitrogens with two attached hydrogens (primary N) is 1. The molecule has 0 unspecified atom stereocenters. The highest BCUT2D eigenvalue weighted by molar-refractivity contribution is 5.89. The Bertz CT molecular complexity index is 727. The van der Waals surface area contributed by atoms with E-state index in [9.17, 15) is 9.59 Å². The Labute approximate surface area is 141 Å². The monoisotopic (exact) mass is 327 g/mol. The van der Waals surface area contributed by atoms with Gasteiger partial charge in [0.25, 0.3) is 5.91 Å². The maximum Gasteiger partial charge on any atom is 0.319 e. The summed E-state index contributed by atoms with van der Waals surface area (Å²) in [7, 11) is 0. The fourth-order valence-corrected chi connectivity index (χ4v) is 2.18. The second-order valence-corrected chi connectivity index (χ2v) is 5.52. The van der Waals surface area contributed by atoms with Crippen LogP contribution >= 0.6 is 0 Å². The van der Waals surface area contributed by atoms with Gasteiger partial charge in [-0.3, -0.25) is 4.79 Å². The molecule has 0 atom stereocenters. The zero-order valence-electron chi connectivity index (χ0n) is 13.8. The number of hydrogen-bond acceptors (Lipinski definition) is 3. The van der Waals surface area contributed by atoms with Gasteiger partial charge < -0.3 is 21.1 Å². The summed E-state index contributed by atoms with van der Waals surface area (Å²) < 4.78 is 5.15. The Morgan fingerprint density at radius 1 is 1.08 bits per heavy atom. The molecule has 2 aromatic carbocycles. The molecular weight excluding hydrogens is 306 g/mol. The fourth-order valence-electron chi connectivity index (χ4n) is 2.18. The van der Waals surface area contributed by atoms with E-state index in [-0.39, 0.29) is 12.6 Å². The van der Waals surface area contributed by atoms with Crippen molar-refractivity contribution in [3.8, 4) is 5.75 Å². The summed E-state index contributed by atoms with van der Waals surface area (Å²) in [4.78, 5) is 22.6. The Morgan fingerprint density at radius 2 is 1.79 bits per heavy atom. The molecule has 0 saturated heterocycles. The zero-order chi connectivity index (χ0) is 17.5. The Morgan fingerprint density at radius 3 is 2.42 bits per heavy atom. The van der Waals surface area contributed by atoms with Crippen LogP contribution < -0.4 is 21.1 Å². The number of urea groups is 1. The van der Waals surface area contributed by atoms with Gasteiger partial charge in [0.15, 0.2) is 6.61 Å². The summed E-state index contributed by atoms with van der Waals surface area (Å²) in [5.74, 6) is -0.0296. The molecule has 0 heterocycles. The lowest BCUT2D eigenvalue weighted by Gasteiger charge is -2.10. The summed E-state index contributed by atoms with van der Waals surface area (Å²) in [6.45, 7) is 4.33. The molecule has 0 spiro atoms. The molecular formula is C18H21N3O3. The quantitative estimate of drug-likeness (QED) is 0.761. The van der Waals surface area contributed by atoms with Gasteiger partial charge in [-0.05, 0) is 49.2 Å². The van der Waals surface area contributed by atoms with E-state index in [1.54, 1.807) is 24.3 Å². The first-order valence-electron chi connectivity index (χ1n) is 7.56. The number of primary amides is 1. The van der Waals surface area contributed by atoms with Crippen molar-refractivity contribution in [3.63, 3.8) is 0 Å². The van der Waals surface area contributed by atoms with Gasteiger partial charge in [-0.25, -0.2) is 4.79 Å². The molecule has 3 amide bonds. The number of ether oxygens (including phenoxy) is 1. The van der Waals surface area contributed by atoms with Gasteiger partial charge in [-0.2, -0.15) is 0 Å². The molecule has 24 heavy (non-hydrogen) atoms. The number of nitrogens with one attached hydrogen (secondary N) is 2. The van der Waals surface area contributed by atoms with Crippen LogP contribution in [0.25, 0.3) is 0 Å². The van der Waals surface area contributed by atoms with Crippen molar-refractivity contribution in [2.24, 2.45) is 5.73 Å². The van der Waals surface area contributed by atoms with Gasteiger partial charge in [-0.1, -0.05) is 23.8 Å². The number of hydrogen-bond donors (Lipinski definition) is 3. The smallest absolute Gasteiger partial charge is 0.319 e.